The standard InChI is InChI=1S/C19H27N5O/c1-16(12-23-9-8-20-15-23)21-19(25)24-11-10-22(13-17(24)2)14-18-6-4-3-5-7-18/h3-9,15-17H,10-14H2,1-2H3,(H,21,25)/t16?,17-/m1/s1. The van der Waals surface area contributed by atoms with Gasteiger partial charge in [0.2, 0.25) is 0 Å². The monoisotopic (exact) mass is 341 g/mol. The molecule has 6 heteroatoms. The fraction of sp³-hybridized carbons (Fsp3) is 0.474. The molecular weight excluding hydrogens is 314 g/mol. The quantitative estimate of drug-likeness (QED) is 0.907. The lowest BCUT2D eigenvalue weighted by molar-refractivity contribution is 0.0959. The molecule has 0 saturated carbocycles. The van der Waals surface area contributed by atoms with E-state index in [0.29, 0.717) is 0 Å². The Bertz CT molecular complexity index is 658. The van der Waals surface area contributed by atoms with Crippen LogP contribution >= 0.6 is 0 Å². The SMILES string of the molecule is CC(Cn1ccnc1)NC(=O)N1CCN(Cc2ccccc2)C[C@H]1C. The van der Waals surface area contributed by atoms with Crippen LogP contribution in [0.5, 0.6) is 0 Å². The first-order chi connectivity index (χ1) is 12.1. The van der Waals surface area contributed by atoms with E-state index in [1.54, 1.807) is 12.5 Å². The number of nitrogens with one attached hydrogen (secondary N) is 1. The Labute approximate surface area is 149 Å². The van der Waals surface area contributed by atoms with Crippen LogP contribution in [0.2, 0.25) is 0 Å². The molecule has 2 amide bonds. The highest BCUT2D eigenvalue weighted by atomic mass is 16.2. The van der Waals surface area contributed by atoms with Crippen LogP contribution in [0.4, 0.5) is 4.79 Å². The van der Waals surface area contributed by atoms with Crippen molar-refractivity contribution in [3.8, 4) is 0 Å². The lowest BCUT2D eigenvalue weighted by atomic mass is 10.1. The summed E-state index contributed by atoms with van der Waals surface area (Å²) >= 11 is 0. The molecule has 0 bridgehead atoms. The molecule has 2 heterocycles. The minimum atomic E-state index is 0.0273. The van der Waals surface area contributed by atoms with Gasteiger partial charge >= 0.3 is 6.03 Å². The summed E-state index contributed by atoms with van der Waals surface area (Å²) < 4.78 is 1.98. The van der Waals surface area contributed by atoms with Crippen LogP contribution in [0, 0.1) is 0 Å². The summed E-state index contributed by atoms with van der Waals surface area (Å²) in [6.45, 7) is 8.38. The second-order valence-electron chi connectivity index (χ2n) is 6.87. The van der Waals surface area contributed by atoms with Gasteiger partial charge < -0.3 is 14.8 Å². The molecule has 1 fully saturated rings. The molecule has 1 aromatic carbocycles. The number of nitrogens with zero attached hydrogens (tertiary/aromatic N) is 4. The summed E-state index contributed by atoms with van der Waals surface area (Å²) in [7, 11) is 0. The van der Waals surface area contributed by atoms with Crippen LogP contribution in [-0.4, -0.2) is 57.1 Å². The number of carbonyl (C=O) groups is 1. The molecule has 1 aliphatic heterocycles. The molecule has 0 aliphatic carbocycles. The first-order valence-electron chi connectivity index (χ1n) is 8.91. The van der Waals surface area contributed by atoms with E-state index in [0.717, 1.165) is 32.7 Å². The summed E-state index contributed by atoms with van der Waals surface area (Å²) in [6.07, 6.45) is 5.43. The molecule has 1 N–H and O–H groups in total. The maximum atomic E-state index is 12.6. The van der Waals surface area contributed by atoms with Crippen LogP contribution in [0.3, 0.4) is 0 Å². The van der Waals surface area contributed by atoms with Gasteiger partial charge in [0.1, 0.15) is 0 Å². The Morgan fingerprint density at radius 3 is 2.80 bits per heavy atom. The van der Waals surface area contributed by atoms with Gasteiger partial charge in [0.15, 0.2) is 0 Å². The van der Waals surface area contributed by atoms with Crippen molar-refractivity contribution in [1.82, 2.24) is 24.7 Å². The molecule has 1 aliphatic rings. The summed E-state index contributed by atoms with van der Waals surface area (Å²) in [5, 5.41) is 3.10. The smallest absolute Gasteiger partial charge is 0.317 e. The van der Waals surface area contributed by atoms with Crippen molar-refractivity contribution in [2.24, 2.45) is 0 Å². The van der Waals surface area contributed by atoms with Gasteiger partial charge in [-0.3, -0.25) is 4.90 Å². The lowest BCUT2D eigenvalue weighted by Crippen LogP contribution is -2.57. The van der Waals surface area contributed by atoms with Crippen LogP contribution in [0.1, 0.15) is 19.4 Å². The van der Waals surface area contributed by atoms with E-state index in [4.69, 9.17) is 0 Å². The Morgan fingerprint density at radius 1 is 1.32 bits per heavy atom. The van der Waals surface area contributed by atoms with Gasteiger partial charge in [-0.05, 0) is 19.4 Å². The van der Waals surface area contributed by atoms with Crippen LogP contribution in [0.15, 0.2) is 49.1 Å². The normalized spacial score (nSPS) is 19.6. The summed E-state index contributed by atoms with van der Waals surface area (Å²) in [4.78, 5) is 21.0. The van der Waals surface area contributed by atoms with Gasteiger partial charge in [-0.1, -0.05) is 30.3 Å². The zero-order chi connectivity index (χ0) is 17.6. The highest BCUT2D eigenvalue weighted by Gasteiger charge is 2.27. The molecule has 0 spiro atoms. The number of amides is 2. The Balaban J connectivity index is 1.48. The van der Waals surface area contributed by atoms with Gasteiger partial charge in [-0.25, -0.2) is 9.78 Å². The maximum Gasteiger partial charge on any atom is 0.317 e. The van der Waals surface area contributed by atoms with Gasteiger partial charge in [0.25, 0.3) is 0 Å². The predicted molar refractivity (Wildman–Crippen MR) is 98.1 cm³/mol. The number of rotatable bonds is 5. The molecule has 1 aromatic heterocycles. The Hall–Kier alpha value is -2.34. The third-order valence-electron chi connectivity index (χ3n) is 4.64. The van der Waals surface area contributed by atoms with Crippen molar-refractivity contribution in [2.75, 3.05) is 19.6 Å². The van der Waals surface area contributed by atoms with Crippen molar-refractivity contribution in [2.45, 2.75) is 39.0 Å². The average Bonchev–Trinajstić information content (AvgIpc) is 3.08. The molecular formula is C19H27N5O. The van der Waals surface area contributed by atoms with Crippen molar-refractivity contribution in [3.05, 3.63) is 54.6 Å². The van der Waals surface area contributed by atoms with Gasteiger partial charge in [-0.15, -0.1) is 0 Å². The number of carbonyl (C=O) groups excluding carboxylic acids is 1. The minimum Gasteiger partial charge on any atom is -0.335 e. The number of hydrogen-bond acceptors (Lipinski definition) is 3. The molecule has 2 aromatic rings. The number of hydrogen-bond donors (Lipinski definition) is 1. The highest BCUT2D eigenvalue weighted by Crippen LogP contribution is 2.13. The van der Waals surface area contributed by atoms with Crippen LogP contribution in [0.25, 0.3) is 0 Å². The topological polar surface area (TPSA) is 53.4 Å². The van der Waals surface area contributed by atoms with Crippen LogP contribution < -0.4 is 5.32 Å². The fourth-order valence-corrected chi connectivity index (χ4v) is 3.37. The second-order valence-corrected chi connectivity index (χ2v) is 6.87. The molecule has 1 unspecified atom stereocenters. The van der Waals surface area contributed by atoms with Crippen molar-refractivity contribution < 1.29 is 4.79 Å². The van der Waals surface area contributed by atoms with Crippen molar-refractivity contribution in [1.29, 1.82) is 0 Å². The second kappa shape index (κ2) is 8.16. The van der Waals surface area contributed by atoms with Crippen LogP contribution in [-0.2, 0) is 13.1 Å². The van der Waals surface area contributed by atoms with Gasteiger partial charge in [0, 0.05) is 57.2 Å². The number of piperazine rings is 1. The summed E-state index contributed by atoms with van der Waals surface area (Å²) in [5.41, 5.74) is 1.32. The molecule has 2 atom stereocenters. The van der Waals surface area contributed by atoms with Gasteiger partial charge in [-0.2, -0.15) is 0 Å². The van der Waals surface area contributed by atoms with E-state index in [-0.39, 0.29) is 18.1 Å². The third-order valence-corrected chi connectivity index (χ3v) is 4.64. The van der Waals surface area contributed by atoms with E-state index < -0.39 is 0 Å². The first kappa shape index (κ1) is 17.5. The summed E-state index contributed by atoms with van der Waals surface area (Å²) in [6, 6.07) is 10.8. The molecule has 3 rings (SSSR count). The molecule has 134 valence electrons. The largest absolute Gasteiger partial charge is 0.335 e. The average molecular weight is 341 g/mol. The number of aromatic nitrogens is 2. The zero-order valence-corrected chi connectivity index (χ0v) is 15.0. The lowest BCUT2D eigenvalue weighted by Gasteiger charge is -2.40. The Kier molecular flexibility index (Phi) is 5.71. The minimum absolute atomic E-state index is 0.0273. The fourth-order valence-electron chi connectivity index (χ4n) is 3.37. The number of benzene rings is 1. The van der Waals surface area contributed by atoms with Crippen molar-refractivity contribution >= 4 is 6.03 Å². The number of urea groups is 1. The van der Waals surface area contributed by atoms with Crippen molar-refractivity contribution in [3.63, 3.8) is 0 Å². The molecule has 0 radical (unpaired) electrons. The van der Waals surface area contributed by atoms with E-state index >= 15 is 0 Å². The molecule has 6 nitrogen and oxygen atoms in total. The zero-order valence-electron chi connectivity index (χ0n) is 15.0. The van der Waals surface area contributed by atoms with E-state index in [1.165, 1.54) is 5.56 Å². The van der Waals surface area contributed by atoms with E-state index in [9.17, 15) is 4.79 Å². The molecule has 1 saturated heterocycles. The highest BCUT2D eigenvalue weighted by molar-refractivity contribution is 5.75. The summed E-state index contributed by atoms with van der Waals surface area (Å²) in [5.74, 6) is 0. The predicted octanol–water partition coefficient (Wildman–Crippen LogP) is 2.19. The Morgan fingerprint density at radius 2 is 2.12 bits per heavy atom. The van der Waals surface area contributed by atoms with E-state index in [1.807, 2.05) is 28.7 Å². The van der Waals surface area contributed by atoms with E-state index in [2.05, 4.69) is 46.4 Å². The third kappa shape index (κ3) is 4.82. The maximum absolute atomic E-state index is 12.6. The van der Waals surface area contributed by atoms with Gasteiger partial charge in [0.05, 0.1) is 6.33 Å². The molecule has 25 heavy (non-hydrogen) atoms. The number of imidazole rings is 1. The first-order valence-corrected chi connectivity index (χ1v) is 8.91.